The van der Waals surface area contributed by atoms with E-state index in [1.54, 1.807) is 48.8 Å². The molecule has 0 saturated carbocycles. The van der Waals surface area contributed by atoms with Crippen LogP contribution in [0.3, 0.4) is 0 Å². The highest BCUT2D eigenvalue weighted by Gasteiger charge is 2.25. The molecule has 0 aliphatic heterocycles. The fourth-order valence-electron chi connectivity index (χ4n) is 3.21. The summed E-state index contributed by atoms with van der Waals surface area (Å²) in [5.74, 6) is 4.35. The summed E-state index contributed by atoms with van der Waals surface area (Å²) >= 11 is 0. The number of amides is 3. The molecule has 3 amide bonds. The Hall–Kier alpha value is -4.56. The first-order chi connectivity index (χ1) is 17.9. The van der Waals surface area contributed by atoms with Crippen molar-refractivity contribution in [2.75, 3.05) is 11.9 Å². The molecule has 37 heavy (non-hydrogen) atoms. The summed E-state index contributed by atoms with van der Waals surface area (Å²) in [5.41, 5.74) is 4.77. The summed E-state index contributed by atoms with van der Waals surface area (Å²) in [7, 11) is 0. The highest BCUT2D eigenvalue weighted by atomic mass is 16.5. The number of nitrogens with zero attached hydrogens (tertiary/aromatic N) is 1. The zero-order valence-electron chi connectivity index (χ0n) is 20.1. The van der Waals surface area contributed by atoms with Crippen LogP contribution in [0, 0.1) is 11.8 Å². The Morgan fingerprint density at radius 1 is 0.919 bits per heavy atom. The summed E-state index contributed by atoms with van der Waals surface area (Å²) in [6, 6.07) is 15.9. The number of hydrogen-bond donors (Lipinski definition) is 6. The normalized spacial score (nSPS) is 11.9. The van der Waals surface area contributed by atoms with E-state index >= 15 is 0 Å². The third kappa shape index (κ3) is 8.55. The number of rotatable bonds is 9. The number of benzene rings is 2. The maximum Gasteiger partial charge on any atom is 0.268 e. The van der Waals surface area contributed by atoms with Crippen LogP contribution in [-0.4, -0.2) is 51.7 Å². The Labute approximate surface area is 214 Å². The van der Waals surface area contributed by atoms with Crippen molar-refractivity contribution in [2.45, 2.75) is 25.6 Å². The van der Waals surface area contributed by atoms with E-state index in [2.05, 4.69) is 32.8 Å². The van der Waals surface area contributed by atoms with Gasteiger partial charge in [0.15, 0.2) is 0 Å². The number of nitrogens with one attached hydrogen (secondary N) is 4. The first kappa shape index (κ1) is 27.0. The Morgan fingerprint density at radius 3 is 2.08 bits per heavy atom. The van der Waals surface area contributed by atoms with Gasteiger partial charge in [0.1, 0.15) is 6.04 Å². The molecule has 0 aliphatic carbocycles. The fraction of sp³-hybridized carbons (Fsp3) is 0.185. The summed E-state index contributed by atoms with van der Waals surface area (Å²) in [6.45, 7) is 2.06. The highest BCUT2D eigenvalue weighted by molar-refractivity contribution is 5.97. The zero-order valence-corrected chi connectivity index (χ0v) is 20.1. The number of aliphatic hydroxyl groups is 1. The number of hydrogen-bond acceptors (Lipinski definition) is 7. The fourth-order valence-corrected chi connectivity index (χ4v) is 3.21. The molecule has 2 atom stereocenters. The number of hydroxylamine groups is 1. The van der Waals surface area contributed by atoms with Crippen molar-refractivity contribution in [1.29, 1.82) is 0 Å². The SMILES string of the molecule is CC(O)C(NC(=O)c1ccc(C#Cc2ccc(NC(=O)CNCc3ccncc3)cc2)cc1)C(=O)NO. The predicted octanol–water partition coefficient (Wildman–Crippen LogP) is 1.19. The molecule has 1 heterocycles. The largest absolute Gasteiger partial charge is 0.391 e. The number of aromatic nitrogens is 1. The molecule has 0 bridgehead atoms. The lowest BCUT2D eigenvalue weighted by Gasteiger charge is -2.19. The molecular weight excluding hydrogens is 474 g/mol. The van der Waals surface area contributed by atoms with Gasteiger partial charge in [-0.25, -0.2) is 5.48 Å². The van der Waals surface area contributed by atoms with E-state index in [4.69, 9.17) is 5.21 Å². The van der Waals surface area contributed by atoms with Crippen LogP contribution in [0.5, 0.6) is 0 Å². The average molecular weight is 502 g/mol. The summed E-state index contributed by atoms with van der Waals surface area (Å²) in [5, 5.41) is 26.6. The Morgan fingerprint density at radius 2 is 1.51 bits per heavy atom. The average Bonchev–Trinajstić information content (AvgIpc) is 2.91. The lowest BCUT2D eigenvalue weighted by atomic mass is 10.1. The maximum atomic E-state index is 12.3. The number of carbonyl (C=O) groups is 3. The van der Waals surface area contributed by atoms with Crippen molar-refractivity contribution in [3.63, 3.8) is 0 Å². The van der Waals surface area contributed by atoms with Crippen LogP contribution < -0.4 is 21.4 Å². The second-order valence-corrected chi connectivity index (χ2v) is 8.08. The Balaban J connectivity index is 1.51. The third-order valence-corrected chi connectivity index (χ3v) is 5.19. The van der Waals surface area contributed by atoms with E-state index in [0.29, 0.717) is 17.8 Å². The molecular formula is C27H27N5O5. The molecule has 2 unspecified atom stereocenters. The number of pyridine rings is 1. The van der Waals surface area contributed by atoms with Gasteiger partial charge in [-0.2, -0.15) is 0 Å². The molecule has 190 valence electrons. The van der Waals surface area contributed by atoms with E-state index < -0.39 is 24.0 Å². The molecule has 10 heteroatoms. The first-order valence-corrected chi connectivity index (χ1v) is 11.4. The second-order valence-electron chi connectivity index (χ2n) is 8.08. The smallest absolute Gasteiger partial charge is 0.268 e. The maximum absolute atomic E-state index is 12.3. The minimum absolute atomic E-state index is 0.159. The van der Waals surface area contributed by atoms with Crippen molar-refractivity contribution < 1.29 is 24.7 Å². The highest BCUT2D eigenvalue weighted by Crippen LogP contribution is 2.10. The van der Waals surface area contributed by atoms with Crippen LogP contribution in [0.15, 0.2) is 73.1 Å². The Kier molecular flexibility index (Phi) is 9.87. The molecule has 10 nitrogen and oxygen atoms in total. The van der Waals surface area contributed by atoms with E-state index in [9.17, 15) is 19.5 Å². The predicted molar refractivity (Wildman–Crippen MR) is 136 cm³/mol. The molecule has 2 aromatic carbocycles. The van der Waals surface area contributed by atoms with Gasteiger partial charge in [0, 0.05) is 41.3 Å². The van der Waals surface area contributed by atoms with Crippen LogP contribution in [0.2, 0.25) is 0 Å². The third-order valence-electron chi connectivity index (χ3n) is 5.19. The first-order valence-electron chi connectivity index (χ1n) is 11.4. The lowest BCUT2D eigenvalue weighted by Crippen LogP contribution is -2.51. The van der Waals surface area contributed by atoms with Crippen LogP contribution >= 0.6 is 0 Å². The van der Waals surface area contributed by atoms with Gasteiger partial charge < -0.3 is 21.1 Å². The minimum Gasteiger partial charge on any atom is -0.391 e. The van der Waals surface area contributed by atoms with Crippen molar-refractivity contribution >= 4 is 23.4 Å². The molecule has 0 fully saturated rings. The summed E-state index contributed by atoms with van der Waals surface area (Å²) < 4.78 is 0. The van der Waals surface area contributed by atoms with E-state index in [1.165, 1.54) is 24.5 Å². The van der Waals surface area contributed by atoms with Gasteiger partial charge >= 0.3 is 0 Å². The van der Waals surface area contributed by atoms with Crippen LogP contribution in [0.4, 0.5) is 5.69 Å². The van der Waals surface area contributed by atoms with Gasteiger partial charge in [0.05, 0.1) is 12.6 Å². The molecule has 0 aliphatic rings. The molecule has 6 N–H and O–H groups in total. The van der Waals surface area contributed by atoms with Crippen molar-refractivity contribution in [3.05, 3.63) is 95.3 Å². The number of anilines is 1. The van der Waals surface area contributed by atoms with E-state index in [0.717, 1.165) is 11.1 Å². The second kappa shape index (κ2) is 13.5. The van der Waals surface area contributed by atoms with Gasteiger partial charge in [-0.05, 0) is 73.2 Å². The van der Waals surface area contributed by atoms with Crippen molar-refractivity contribution in [3.8, 4) is 11.8 Å². The number of carbonyl (C=O) groups excluding carboxylic acids is 3. The summed E-state index contributed by atoms with van der Waals surface area (Å²) in [4.78, 5) is 40.0. The van der Waals surface area contributed by atoms with Gasteiger partial charge in [0.2, 0.25) is 5.91 Å². The zero-order chi connectivity index (χ0) is 26.6. The van der Waals surface area contributed by atoms with Gasteiger partial charge in [-0.1, -0.05) is 11.8 Å². The van der Waals surface area contributed by atoms with Crippen molar-refractivity contribution in [1.82, 2.24) is 21.1 Å². The monoisotopic (exact) mass is 501 g/mol. The van der Waals surface area contributed by atoms with Crippen LogP contribution in [-0.2, 0) is 16.1 Å². The van der Waals surface area contributed by atoms with Gasteiger partial charge in [-0.3, -0.25) is 24.6 Å². The van der Waals surface area contributed by atoms with Gasteiger partial charge in [-0.15, -0.1) is 0 Å². The lowest BCUT2D eigenvalue weighted by molar-refractivity contribution is -0.133. The molecule has 0 saturated heterocycles. The quantitative estimate of drug-likeness (QED) is 0.146. The van der Waals surface area contributed by atoms with E-state index in [-0.39, 0.29) is 18.0 Å². The van der Waals surface area contributed by atoms with E-state index in [1.807, 2.05) is 12.1 Å². The topological polar surface area (TPSA) is 153 Å². The van der Waals surface area contributed by atoms with Crippen molar-refractivity contribution in [2.24, 2.45) is 0 Å². The minimum atomic E-state index is -1.30. The molecule has 3 rings (SSSR count). The van der Waals surface area contributed by atoms with Crippen LogP contribution in [0.1, 0.15) is 34.0 Å². The number of aliphatic hydroxyl groups excluding tert-OH is 1. The molecule has 0 spiro atoms. The standard InChI is InChI=1S/C27H27N5O5/c1-18(33)25(27(36)32-37)31-26(35)22-8-4-19(5-9-22)2-3-20-6-10-23(11-7-20)30-24(34)17-29-16-21-12-14-28-15-13-21/h4-15,18,25,29,33,37H,16-17H2,1H3,(H,30,34)(H,31,35)(H,32,36). The molecule has 1 aromatic heterocycles. The van der Waals surface area contributed by atoms with Gasteiger partial charge in [0.25, 0.3) is 11.8 Å². The molecule has 0 radical (unpaired) electrons. The Bertz CT molecular complexity index is 1270. The van der Waals surface area contributed by atoms with Crippen LogP contribution in [0.25, 0.3) is 0 Å². The summed E-state index contributed by atoms with van der Waals surface area (Å²) in [6.07, 6.45) is 2.21. The molecule has 3 aromatic rings.